The molecule has 0 bridgehead atoms. The van der Waals surface area contributed by atoms with Crippen molar-refractivity contribution in [2.45, 2.75) is 6.10 Å². The number of benzene rings is 1. The van der Waals surface area contributed by atoms with E-state index in [-0.39, 0.29) is 25.5 Å². The van der Waals surface area contributed by atoms with Crippen LogP contribution in [0.3, 0.4) is 0 Å². The molecule has 28 heavy (non-hydrogen) atoms. The van der Waals surface area contributed by atoms with Gasteiger partial charge in [-0.15, -0.1) is 0 Å². The minimum Gasteiger partial charge on any atom is -0.369 e. The van der Waals surface area contributed by atoms with E-state index in [9.17, 15) is 12.8 Å². The van der Waals surface area contributed by atoms with Crippen LogP contribution in [0.15, 0.2) is 30.5 Å². The van der Waals surface area contributed by atoms with Gasteiger partial charge in [0.05, 0.1) is 12.3 Å². The lowest BCUT2D eigenvalue weighted by Crippen LogP contribution is -2.47. The van der Waals surface area contributed by atoms with Gasteiger partial charge < -0.3 is 9.64 Å². The molecule has 8 nitrogen and oxygen atoms in total. The van der Waals surface area contributed by atoms with Crippen molar-refractivity contribution < 1.29 is 17.5 Å². The SMILES string of the molecule is CN(C)c1ncc(-c2cccc(F)c2)c([C@H]2CN(S(=O)(=O)N(C)C)CCO2)n1. The van der Waals surface area contributed by atoms with E-state index < -0.39 is 16.3 Å². The maximum Gasteiger partial charge on any atom is 0.281 e. The molecule has 1 saturated heterocycles. The summed E-state index contributed by atoms with van der Waals surface area (Å²) in [5.41, 5.74) is 1.75. The van der Waals surface area contributed by atoms with Gasteiger partial charge in [0.1, 0.15) is 11.9 Å². The van der Waals surface area contributed by atoms with Crippen LogP contribution in [0.5, 0.6) is 0 Å². The van der Waals surface area contributed by atoms with E-state index in [1.54, 1.807) is 23.2 Å². The maximum atomic E-state index is 13.8. The first-order valence-electron chi connectivity index (χ1n) is 8.79. The predicted octanol–water partition coefficient (Wildman–Crippen LogP) is 1.53. The third-order valence-corrected chi connectivity index (χ3v) is 6.37. The van der Waals surface area contributed by atoms with Gasteiger partial charge in [-0.3, -0.25) is 0 Å². The molecule has 1 aromatic carbocycles. The summed E-state index contributed by atoms with van der Waals surface area (Å²) >= 11 is 0. The van der Waals surface area contributed by atoms with Crippen molar-refractivity contribution in [2.24, 2.45) is 0 Å². The van der Waals surface area contributed by atoms with E-state index in [1.165, 1.54) is 34.8 Å². The fourth-order valence-corrected chi connectivity index (χ4v) is 4.05. The van der Waals surface area contributed by atoms with E-state index in [4.69, 9.17) is 4.74 Å². The molecule has 0 aliphatic carbocycles. The van der Waals surface area contributed by atoms with Gasteiger partial charge in [0.2, 0.25) is 5.95 Å². The van der Waals surface area contributed by atoms with Crippen LogP contribution in [0.4, 0.5) is 10.3 Å². The van der Waals surface area contributed by atoms with Gasteiger partial charge in [0.25, 0.3) is 10.2 Å². The Balaban J connectivity index is 2.05. The van der Waals surface area contributed by atoms with Crippen LogP contribution in [0.25, 0.3) is 11.1 Å². The topological polar surface area (TPSA) is 78.9 Å². The maximum absolute atomic E-state index is 13.8. The highest BCUT2D eigenvalue weighted by Gasteiger charge is 2.33. The smallest absolute Gasteiger partial charge is 0.281 e. The van der Waals surface area contributed by atoms with Gasteiger partial charge in [-0.05, 0) is 17.7 Å². The summed E-state index contributed by atoms with van der Waals surface area (Å²) in [5, 5.41) is 0. The normalized spacial score (nSPS) is 18.4. The summed E-state index contributed by atoms with van der Waals surface area (Å²) < 4.78 is 47.3. The molecular formula is C18H24FN5O3S. The minimum atomic E-state index is -3.58. The van der Waals surface area contributed by atoms with Gasteiger partial charge in [-0.25, -0.2) is 14.4 Å². The second kappa shape index (κ2) is 8.08. The second-order valence-corrected chi connectivity index (χ2v) is 9.02. The highest BCUT2D eigenvalue weighted by Crippen LogP contribution is 2.32. The summed E-state index contributed by atoms with van der Waals surface area (Å²) in [6.07, 6.45) is 1.03. The summed E-state index contributed by atoms with van der Waals surface area (Å²) in [6, 6.07) is 6.13. The Hall–Kier alpha value is -2.14. The third kappa shape index (κ3) is 4.14. The molecule has 1 aromatic heterocycles. The van der Waals surface area contributed by atoms with Crippen LogP contribution >= 0.6 is 0 Å². The zero-order valence-electron chi connectivity index (χ0n) is 16.3. The van der Waals surface area contributed by atoms with Crippen LogP contribution in [0, 0.1) is 5.82 Å². The Morgan fingerprint density at radius 2 is 2.00 bits per heavy atom. The number of hydrogen-bond acceptors (Lipinski definition) is 6. The monoisotopic (exact) mass is 409 g/mol. The molecule has 0 unspecified atom stereocenters. The average Bonchev–Trinajstić information content (AvgIpc) is 2.67. The molecule has 1 fully saturated rings. The number of rotatable bonds is 5. The van der Waals surface area contributed by atoms with Gasteiger partial charge in [0.15, 0.2) is 0 Å². The Morgan fingerprint density at radius 3 is 2.64 bits per heavy atom. The Morgan fingerprint density at radius 1 is 1.25 bits per heavy atom. The molecule has 0 N–H and O–H groups in total. The van der Waals surface area contributed by atoms with Crippen LogP contribution in [0.2, 0.25) is 0 Å². The fraction of sp³-hybridized carbons (Fsp3) is 0.444. The highest BCUT2D eigenvalue weighted by molar-refractivity contribution is 7.86. The van der Waals surface area contributed by atoms with Crippen molar-refractivity contribution in [2.75, 3.05) is 52.8 Å². The van der Waals surface area contributed by atoms with Crippen LogP contribution in [0.1, 0.15) is 11.8 Å². The largest absolute Gasteiger partial charge is 0.369 e. The first-order valence-corrected chi connectivity index (χ1v) is 10.2. The van der Waals surface area contributed by atoms with Crippen molar-refractivity contribution in [3.63, 3.8) is 0 Å². The average molecular weight is 409 g/mol. The zero-order chi connectivity index (χ0) is 20.5. The molecule has 152 valence electrons. The molecule has 10 heteroatoms. The van der Waals surface area contributed by atoms with Crippen molar-refractivity contribution >= 4 is 16.2 Å². The van der Waals surface area contributed by atoms with Gasteiger partial charge in [-0.2, -0.15) is 17.0 Å². The molecule has 1 aliphatic rings. The van der Waals surface area contributed by atoms with Gasteiger partial charge in [0, 0.05) is 53.0 Å². The van der Waals surface area contributed by atoms with Crippen LogP contribution in [-0.2, 0) is 14.9 Å². The number of aromatic nitrogens is 2. The Kier molecular flexibility index (Phi) is 5.94. The summed E-state index contributed by atoms with van der Waals surface area (Å²) in [6.45, 7) is 0.617. The molecule has 0 radical (unpaired) electrons. The highest BCUT2D eigenvalue weighted by atomic mass is 32.2. The number of halogens is 1. The van der Waals surface area contributed by atoms with Crippen LogP contribution in [-0.4, -0.2) is 74.9 Å². The summed E-state index contributed by atoms with van der Waals surface area (Å²) in [4.78, 5) is 10.7. The van der Waals surface area contributed by atoms with Gasteiger partial charge in [-0.1, -0.05) is 12.1 Å². The lowest BCUT2D eigenvalue weighted by molar-refractivity contribution is -0.00590. The molecule has 1 atom stereocenters. The van der Waals surface area contributed by atoms with E-state index in [0.29, 0.717) is 22.8 Å². The van der Waals surface area contributed by atoms with Crippen molar-refractivity contribution in [3.8, 4) is 11.1 Å². The van der Waals surface area contributed by atoms with Crippen LogP contribution < -0.4 is 4.90 Å². The number of nitrogens with zero attached hydrogens (tertiary/aromatic N) is 5. The molecule has 0 spiro atoms. The standard InChI is InChI=1S/C18H24FN5O3S/c1-22(2)18-20-11-15(13-6-5-7-14(19)10-13)17(21-18)16-12-24(8-9-27-16)28(25,26)23(3)4/h5-7,10-11,16H,8-9,12H2,1-4H3/t16-/m1/s1. The molecule has 1 aliphatic heterocycles. The summed E-state index contributed by atoms with van der Waals surface area (Å²) in [7, 11) is 3.03. The van der Waals surface area contributed by atoms with Crippen molar-refractivity contribution in [1.82, 2.24) is 18.6 Å². The quantitative estimate of drug-likeness (QED) is 0.745. The number of hydrogen-bond donors (Lipinski definition) is 0. The van der Waals surface area contributed by atoms with E-state index >= 15 is 0 Å². The summed E-state index contributed by atoms with van der Waals surface area (Å²) in [5.74, 6) is 0.0906. The molecular weight excluding hydrogens is 385 g/mol. The first kappa shape index (κ1) is 20.6. The fourth-order valence-electron chi connectivity index (χ4n) is 2.96. The molecule has 3 rings (SSSR count). The third-order valence-electron chi connectivity index (χ3n) is 4.46. The lowest BCUT2D eigenvalue weighted by atomic mass is 10.0. The number of morpholine rings is 1. The van der Waals surface area contributed by atoms with E-state index in [1.807, 2.05) is 14.1 Å². The first-order chi connectivity index (χ1) is 13.2. The molecule has 0 amide bonds. The molecule has 2 aromatic rings. The van der Waals surface area contributed by atoms with E-state index in [0.717, 1.165) is 0 Å². The zero-order valence-corrected chi connectivity index (χ0v) is 17.1. The molecule has 2 heterocycles. The Bertz CT molecular complexity index is 952. The van der Waals surface area contributed by atoms with Gasteiger partial charge >= 0.3 is 0 Å². The van der Waals surface area contributed by atoms with Crippen molar-refractivity contribution in [3.05, 3.63) is 42.0 Å². The second-order valence-electron chi connectivity index (χ2n) is 6.88. The number of ether oxygens (including phenoxy) is 1. The minimum absolute atomic E-state index is 0.118. The Labute approximate surface area is 164 Å². The lowest BCUT2D eigenvalue weighted by Gasteiger charge is -2.34. The van der Waals surface area contributed by atoms with E-state index in [2.05, 4.69) is 9.97 Å². The molecule has 0 saturated carbocycles. The predicted molar refractivity (Wildman–Crippen MR) is 105 cm³/mol. The van der Waals surface area contributed by atoms with Crippen molar-refractivity contribution in [1.29, 1.82) is 0 Å². The number of anilines is 1.